The molecule has 3 aromatic rings. The molecule has 0 fully saturated rings. The zero-order chi connectivity index (χ0) is 26.3. The first kappa shape index (κ1) is 28.3. The lowest BCUT2D eigenvalue weighted by Crippen LogP contribution is -2.47. The van der Waals surface area contributed by atoms with Gasteiger partial charge in [0.05, 0.1) is 9.90 Å². The molecule has 0 saturated heterocycles. The summed E-state index contributed by atoms with van der Waals surface area (Å²) in [6, 6.07) is 11.6. The summed E-state index contributed by atoms with van der Waals surface area (Å²) in [5.41, 5.74) is 0. The predicted molar refractivity (Wildman–Crippen MR) is 138 cm³/mol. The standard InChI is InChI=1S/C23H23Cl2F2N3O4S2/c24-15-7-8-20(16(25)12-15)36(33,34)29-10-4-3-9-28-22(31)17(13-21(26)27)30-23(32)19-11-14-5-1-2-6-18(14)35-19/h1-2,5-8,11-12,17,21,29H,3-4,9-10,13H2,(H,28,31)(H,30,32)/t17-/m1/s1. The van der Waals surface area contributed by atoms with Crippen molar-refractivity contribution >= 4 is 66.5 Å². The zero-order valence-corrected chi connectivity index (χ0v) is 21.9. The Morgan fingerprint density at radius 2 is 1.72 bits per heavy atom. The van der Waals surface area contributed by atoms with Crippen molar-refractivity contribution in [2.24, 2.45) is 0 Å². The van der Waals surface area contributed by atoms with Crippen LogP contribution in [0.3, 0.4) is 0 Å². The Balaban J connectivity index is 1.47. The molecule has 1 aromatic heterocycles. The number of unbranched alkanes of at least 4 members (excludes halogenated alkanes) is 1. The number of carbonyl (C=O) groups excluding carboxylic acids is 2. The molecule has 2 aromatic carbocycles. The number of fused-ring (bicyclic) bond motifs is 1. The van der Waals surface area contributed by atoms with Gasteiger partial charge in [-0.2, -0.15) is 0 Å². The molecule has 0 aliphatic rings. The maximum Gasteiger partial charge on any atom is 0.262 e. The summed E-state index contributed by atoms with van der Waals surface area (Å²) in [4.78, 5) is 25.2. The van der Waals surface area contributed by atoms with Crippen LogP contribution >= 0.6 is 34.5 Å². The van der Waals surface area contributed by atoms with Crippen LogP contribution in [0.4, 0.5) is 8.78 Å². The van der Waals surface area contributed by atoms with Gasteiger partial charge < -0.3 is 10.6 Å². The molecule has 194 valence electrons. The molecule has 7 nitrogen and oxygen atoms in total. The maximum absolute atomic E-state index is 13.0. The number of hydrogen-bond acceptors (Lipinski definition) is 5. The highest BCUT2D eigenvalue weighted by atomic mass is 35.5. The van der Waals surface area contributed by atoms with E-state index in [4.69, 9.17) is 23.2 Å². The molecule has 0 aliphatic heterocycles. The molecule has 3 rings (SSSR count). The van der Waals surface area contributed by atoms with E-state index < -0.39 is 40.7 Å². The molecule has 0 bridgehead atoms. The van der Waals surface area contributed by atoms with Gasteiger partial charge in [0.2, 0.25) is 22.4 Å². The number of rotatable bonds is 12. The van der Waals surface area contributed by atoms with Crippen LogP contribution in [0.15, 0.2) is 53.4 Å². The summed E-state index contributed by atoms with van der Waals surface area (Å²) in [5, 5.41) is 6.05. The third-order valence-electron chi connectivity index (χ3n) is 5.06. The molecule has 2 amide bonds. The monoisotopic (exact) mass is 577 g/mol. The molecule has 0 spiro atoms. The van der Waals surface area contributed by atoms with Crippen molar-refractivity contribution in [3.8, 4) is 0 Å². The Kier molecular flexibility index (Phi) is 10.0. The van der Waals surface area contributed by atoms with Gasteiger partial charge in [-0.15, -0.1) is 11.3 Å². The summed E-state index contributed by atoms with van der Waals surface area (Å²) in [6.45, 7) is 0.182. The lowest BCUT2D eigenvalue weighted by atomic mass is 10.2. The Hall–Kier alpha value is -2.31. The fraction of sp³-hybridized carbons (Fsp3) is 0.304. The molecule has 0 aliphatic carbocycles. The van der Waals surface area contributed by atoms with Gasteiger partial charge in [0.1, 0.15) is 10.9 Å². The summed E-state index contributed by atoms with van der Waals surface area (Å²) < 4.78 is 54.1. The lowest BCUT2D eigenvalue weighted by molar-refractivity contribution is -0.124. The van der Waals surface area contributed by atoms with Gasteiger partial charge in [-0.05, 0) is 48.6 Å². The van der Waals surface area contributed by atoms with E-state index >= 15 is 0 Å². The number of thiophene rings is 1. The average molecular weight is 578 g/mol. The molecular weight excluding hydrogens is 555 g/mol. The van der Waals surface area contributed by atoms with E-state index in [0.717, 1.165) is 10.1 Å². The van der Waals surface area contributed by atoms with Crippen molar-refractivity contribution in [1.82, 2.24) is 15.4 Å². The first-order valence-electron chi connectivity index (χ1n) is 10.9. The topological polar surface area (TPSA) is 104 Å². The van der Waals surface area contributed by atoms with Crippen molar-refractivity contribution in [1.29, 1.82) is 0 Å². The number of nitrogens with one attached hydrogen (secondary N) is 3. The van der Waals surface area contributed by atoms with Crippen LogP contribution in [0.2, 0.25) is 10.0 Å². The predicted octanol–water partition coefficient (Wildman–Crippen LogP) is 4.84. The van der Waals surface area contributed by atoms with Crippen molar-refractivity contribution in [3.05, 3.63) is 63.5 Å². The third-order valence-corrected chi connectivity index (χ3v) is 8.36. The van der Waals surface area contributed by atoms with Gasteiger partial charge in [-0.1, -0.05) is 41.4 Å². The molecule has 0 unspecified atom stereocenters. The lowest BCUT2D eigenvalue weighted by Gasteiger charge is -2.18. The van der Waals surface area contributed by atoms with E-state index in [2.05, 4.69) is 15.4 Å². The van der Waals surface area contributed by atoms with E-state index in [1.165, 1.54) is 29.5 Å². The molecule has 13 heteroatoms. The smallest absolute Gasteiger partial charge is 0.262 e. The first-order valence-corrected chi connectivity index (χ1v) is 13.9. The largest absolute Gasteiger partial charge is 0.354 e. The molecule has 36 heavy (non-hydrogen) atoms. The summed E-state index contributed by atoms with van der Waals surface area (Å²) in [6.07, 6.45) is -2.89. The number of sulfonamides is 1. The number of alkyl halides is 2. The first-order chi connectivity index (χ1) is 17.1. The van der Waals surface area contributed by atoms with Crippen LogP contribution in [0.5, 0.6) is 0 Å². The molecule has 1 heterocycles. The average Bonchev–Trinajstić information content (AvgIpc) is 3.24. The highest BCUT2D eigenvalue weighted by Crippen LogP contribution is 2.26. The summed E-state index contributed by atoms with van der Waals surface area (Å²) >= 11 is 12.9. The summed E-state index contributed by atoms with van der Waals surface area (Å²) in [5.74, 6) is -1.34. The van der Waals surface area contributed by atoms with Gasteiger partial charge in [0, 0.05) is 29.2 Å². The fourth-order valence-electron chi connectivity index (χ4n) is 3.30. The van der Waals surface area contributed by atoms with Crippen LogP contribution in [0, 0.1) is 0 Å². The highest BCUT2D eigenvalue weighted by molar-refractivity contribution is 7.89. The number of halogens is 4. The van der Waals surface area contributed by atoms with Crippen LogP contribution in [0.25, 0.3) is 10.1 Å². The van der Waals surface area contributed by atoms with Gasteiger partial charge in [-0.25, -0.2) is 21.9 Å². The minimum Gasteiger partial charge on any atom is -0.354 e. The van der Waals surface area contributed by atoms with Crippen molar-refractivity contribution in [2.75, 3.05) is 13.1 Å². The second kappa shape index (κ2) is 12.8. The molecule has 3 N–H and O–H groups in total. The van der Waals surface area contributed by atoms with Crippen LogP contribution in [0.1, 0.15) is 28.9 Å². The third kappa shape index (κ3) is 7.84. The number of benzene rings is 2. The van der Waals surface area contributed by atoms with Gasteiger partial charge in [0.15, 0.2) is 0 Å². The SMILES string of the molecule is O=C(N[C@H](CC(F)F)C(=O)NCCCCNS(=O)(=O)c1ccc(Cl)cc1Cl)c1cc2ccccc2s1. The van der Waals surface area contributed by atoms with Crippen molar-refractivity contribution < 1.29 is 26.8 Å². The molecular formula is C23H23Cl2F2N3O4S2. The Morgan fingerprint density at radius 1 is 1.00 bits per heavy atom. The molecule has 0 radical (unpaired) electrons. The Labute approximate surface area is 221 Å². The van der Waals surface area contributed by atoms with E-state index in [1.54, 1.807) is 6.07 Å². The Bertz CT molecular complexity index is 1300. The van der Waals surface area contributed by atoms with Crippen LogP contribution in [-0.2, 0) is 14.8 Å². The Morgan fingerprint density at radius 3 is 2.42 bits per heavy atom. The van der Waals surface area contributed by atoms with Crippen LogP contribution in [-0.4, -0.2) is 45.8 Å². The normalized spacial score (nSPS) is 12.6. The highest BCUT2D eigenvalue weighted by Gasteiger charge is 2.25. The minimum absolute atomic E-state index is 0.00923. The van der Waals surface area contributed by atoms with E-state index in [-0.39, 0.29) is 23.0 Å². The van der Waals surface area contributed by atoms with Gasteiger partial charge in [-0.3, -0.25) is 9.59 Å². The van der Waals surface area contributed by atoms with E-state index in [9.17, 15) is 26.8 Å². The quantitative estimate of drug-likeness (QED) is 0.268. The number of carbonyl (C=O) groups is 2. The zero-order valence-electron chi connectivity index (χ0n) is 18.8. The number of amides is 2. The second-order valence-corrected chi connectivity index (χ2v) is 11.4. The molecule has 0 saturated carbocycles. The van der Waals surface area contributed by atoms with Crippen molar-refractivity contribution in [2.45, 2.75) is 36.6 Å². The summed E-state index contributed by atoms with van der Waals surface area (Å²) in [7, 11) is -3.85. The second-order valence-electron chi connectivity index (χ2n) is 7.77. The minimum atomic E-state index is -3.85. The van der Waals surface area contributed by atoms with E-state index in [1.807, 2.05) is 24.3 Å². The van der Waals surface area contributed by atoms with E-state index in [0.29, 0.717) is 22.7 Å². The van der Waals surface area contributed by atoms with Crippen molar-refractivity contribution in [3.63, 3.8) is 0 Å². The fourth-order valence-corrected chi connectivity index (χ4v) is 6.11. The van der Waals surface area contributed by atoms with Gasteiger partial charge >= 0.3 is 0 Å². The number of hydrogen-bond donors (Lipinski definition) is 3. The van der Waals surface area contributed by atoms with Gasteiger partial charge in [0.25, 0.3) is 5.91 Å². The molecule has 1 atom stereocenters. The van der Waals surface area contributed by atoms with Crippen LogP contribution < -0.4 is 15.4 Å². The maximum atomic E-state index is 13.0.